The summed E-state index contributed by atoms with van der Waals surface area (Å²) in [5.74, 6) is 0.502. The fraction of sp³-hybridized carbons (Fsp3) is 0.471. The van der Waals surface area contributed by atoms with Crippen molar-refractivity contribution < 1.29 is 13.9 Å². The van der Waals surface area contributed by atoms with Crippen LogP contribution < -0.4 is 0 Å². The molecule has 0 radical (unpaired) electrons. The van der Waals surface area contributed by atoms with Gasteiger partial charge in [0.1, 0.15) is 0 Å². The molecule has 2 atom stereocenters. The number of hydrogen-bond donors (Lipinski definition) is 1. The van der Waals surface area contributed by atoms with E-state index in [0.29, 0.717) is 24.6 Å². The van der Waals surface area contributed by atoms with Crippen LogP contribution in [-0.4, -0.2) is 46.3 Å². The molecule has 0 bridgehead atoms. The maximum Gasteiger partial charge on any atom is 0.284 e. The molecule has 1 aliphatic carbocycles. The van der Waals surface area contributed by atoms with Crippen LogP contribution in [0.15, 0.2) is 28.7 Å². The molecular formula is C17H19N3O3S. The normalized spacial score (nSPS) is 23.8. The van der Waals surface area contributed by atoms with Crippen LogP contribution in [0.5, 0.6) is 0 Å². The zero-order valence-electron chi connectivity index (χ0n) is 13.2. The molecule has 1 aliphatic heterocycles. The number of ether oxygens (including phenoxy) is 1. The van der Waals surface area contributed by atoms with Crippen molar-refractivity contribution in [3.8, 4) is 11.5 Å². The summed E-state index contributed by atoms with van der Waals surface area (Å²) >= 11 is 4.88. The van der Waals surface area contributed by atoms with E-state index in [1.54, 1.807) is 0 Å². The standard InChI is InChI=1S/C17H19N3O3S/c21-16(20-9-10-22-14-4-2-1-3-13(14)20)12-7-5-11(6-8-12)15-18-19-17(24)23-15/h5-8,13-14H,1-4,9-10H2,(H,19,24)/t13-,14+/m1/s1. The first-order valence-electron chi connectivity index (χ1n) is 8.31. The summed E-state index contributed by atoms with van der Waals surface area (Å²) < 4.78 is 11.1. The van der Waals surface area contributed by atoms with Crippen molar-refractivity contribution in [3.63, 3.8) is 0 Å². The van der Waals surface area contributed by atoms with Gasteiger partial charge in [-0.05, 0) is 49.3 Å². The predicted octanol–water partition coefficient (Wildman–Crippen LogP) is 3.18. The minimum Gasteiger partial charge on any atom is -0.409 e. The molecule has 6 nitrogen and oxygen atoms in total. The van der Waals surface area contributed by atoms with Crippen LogP contribution in [0, 0.1) is 4.84 Å². The minimum absolute atomic E-state index is 0.0738. The number of nitrogens with zero attached hydrogens (tertiary/aromatic N) is 2. The second-order valence-corrected chi connectivity index (χ2v) is 6.63. The van der Waals surface area contributed by atoms with E-state index >= 15 is 0 Å². The molecule has 1 N–H and O–H groups in total. The van der Waals surface area contributed by atoms with Gasteiger partial charge in [-0.2, -0.15) is 0 Å². The maximum absolute atomic E-state index is 12.9. The molecule has 1 amide bonds. The monoisotopic (exact) mass is 345 g/mol. The van der Waals surface area contributed by atoms with Crippen LogP contribution >= 0.6 is 12.2 Å². The number of H-pyrrole nitrogens is 1. The SMILES string of the molecule is O=C(c1ccc(-c2n[nH]c(=S)o2)cc1)N1CCO[C@H]2CCCC[C@H]21. The predicted molar refractivity (Wildman–Crippen MR) is 90.2 cm³/mol. The Bertz CT molecular complexity index is 781. The number of nitrogens with one attached hydrogen (secondary N) is 1. The van der Waals surface area contributed by atoms with Crippen LogP contribution in [0.2, 0.25) is 0 Å². The number of carbonyl (C=O) groups excluding carboxylic acids is 1. The van der Waals surface area contributed by atoms with Crippen molar-refractivity contribution in [2.24, 2.45) is 0 Å². The molecule has 2 fully saturated rings. The second-order valence-electron chi connectivity index (χ2n) is 6.26. The lowest BCUT2D eigenvalue weighted by Gasteiger charge is -2.43. The molecule has 0 spiro atoms. The van der Waals surface area contributed by atoms with Crippen LogP contribution in [0.3, 0.4) is 0 Å². The van der Waals surface area contributed by atoms with Crippen molar-refractivity contribution >= 4 is 18.1 Å². The van der Waals surface area contributed by atoms with E-state index in [1.807, 2.05) is 29.2 Å². The van der Waals surface area contributed by atoms with Crippen molar-refractivity contribution in [1.82, 2.24) is 15.1 Å². The van der Waals surface area contributed by atoms with Gasteiger partial charge in [0.25, 0.3) is 10.7 Å². The minimum atomic E-state index is 0.0738. The molecule has 1 saturated heterocycles. The molecule has 1 saturated carbocycles. The van der Waals surface area contributed by atoms with Gasteiger partial charge in [-0.25, -0.2) is 5.10 Å². The van der Waals surface area contributed by atoms with Gasteiger partial charge in [-0.15, -0.1) is 5.10 Å². The summed E-state index contributed by atoms with van der Waals surface area (Å²) in [6.07, 6.45) is 4.64. The third kappa shape index (κ3) is 2.89. The van der Waals surface area contributed by atoms with Crippen molar-refractivity contribution in [3.05, 3.63) is 34.7 Å². The first-order chi connectivity index (χ1) is 11.7. The molecule has 7 heteroatoms. The van der Waals surface area contributed by atoms with Gasteiger partial charge in [0.2, 0.25) is 5.89 Å². The Balaban J connectivity index is 1.54. The van der Waals surface area contributed by atoms with Crippen molar-refractivity contribution in [2.45, 2.75) is 37.8 Å². The molecule has 2 aromatic rings. The summed E-state index contributed by atoms with van der Waals surface area (Å²) in [5.41, 5.74) is 1.47. The Labute approximate surface area is 144 Å². The molecule has 126 valence electrons. The Hall–Kier alpha value is -1.99. The summed E-state index contributed by atoms with van der Waals surface area (Å²) in [6, 6.07) is 7.51. The summed E-state index contributed by atoms with van der Waals surface area (Å²) in [5, 5.41) is 6.59. The van der Waals surface area contributed by atoms with Gasteiger partial charge in [0.15, 0.2) is 0 Å². The zero-order valence-corrected chi connectivity index (χ0v) is 14.1. The van der Waals surface area contributed by atoms with E-state index < -0.39 is 0 Å². The van der Waals surface area contributed by atoms with E-state index in [9.17, 15) is 4.79 Å². The molecule has 4 rings (SSSR count). The fourth-order valence-electron chi connectivity index (χ4n) is 3.62. The quantitative estimate of drug-likeness (QED) is 0.847. The first-order valence-corrected chi connectivity index (χ1v) is 8.72. The Morgan fingerprint density at radius 2 is 2.04 bits per heavy atom. The summed E-state index contributed by atoms with van der Waals surface area (Å²) in [7, 11) is 0. The lowest BCUT2D eigenvalue weighted by atomic mass is 9.89. The highest BCUT2D eigenvalue weighted by molar-refractivity contribution is 7.71. The largest absolute Gasteiger partial charge is 0.409 e. The molecule has 2 aliphatic rings. The molecule has 2 heterocycles. The highest BCUT2D eigenvalue weighted by atomic mass is 32.1. The summed E-state index contributed by atoms with van der Waals surface area (Å²) in [6.45, 7) is 1.29. The highest BCUT2D eigenvalue weighted by Crippen LogP contribution is 2.29. The van der Waals surface area contributed by atoms with Crippen LogP contribution in [0.1, 0.15) is 36.0 Å². The van der Waals surface area contributed by atoms with Gasteiger partial charge < -0.3 is 14.1 Å². The van der Waals surface area contributed by atoms with E-state index in [1.165, 1.54) is 6.42 Å². The Kier molecular flexibility index (Phi) is 4.20. The smallest absolute Gasteiger partial charge is 0.284 e. The van der Waals surface area contributed by atoms with Gasteiger partial charge in [-0.1, -0.05) is 12.8 Å². The van der Waals surface area contributed by atoms with Gasteiger partial charge in [0, 0.05) is 17.7 Å². The van der Waals surface area contributed by atoms with Crippen LogP contribution in [0.25, 0.3) is 11.5 Å². The molecule has 24 heavy (non-hydrogen) atoms. The topological polar surface area (TPSA) is 71.4 Å². The highest BCUT2D eigenvalue weighted by Gasteiger charge is 2.36. The number of carbonyl (C=O) groups is 1. The lowest BCUT2D eigenvalue weighted by Crippen LogP contribution is -2.54. The van der Waals surface area contributed by atoms with E-state index in [4.69, 9.17) is 21.4 Å². The molecular weight excluding hydrogens is 326 g/mol. The maximum atomic E-state index is 12.9. The average molecular weight is 345 g/mol. The van der Waals surface area contributed by atoms with Crippen molar-refractivity contribution in [1.29, 1.82) is 0 Å². The Morgan fingerprint density at radius 1 is 1.25 bits per heavy atom. The number of morpholine rings is 1. The zero-order chi connectivity index (χ0) is 16.5. The number of hydrogen-bond acceptors (Lipinski definition) is 5. The van der Waals surface area contributed by atoms with E-state index in [-0.39, 0.29) is 22.9 Å². The van der Waals surface area contributed by atoms with Gasteiger partial charge >= 0.3 is 0 Å². The lowest BCUT2D eigenvalue weighted by molar-refractivity contribution is -0.0752. The number of amides is 1. The molecule has 1 aromatic carbocycles. The third-order valence-corrected chi connectivity index (χ3v) is 4.98. The number of rotatable bonds is 2. The third-order valence-electron chi connectivity index (χ3n) is 4.81. The van der Waals surface area contributed by atoms with Gasteiger partial charge in [0.05, 0.1) is 18.8 Å². The van der Waals surface area contributed by atoms with E-state index in [0.717, 1.165) is 24.8 Å². The summed E-state index contributed by atoms with van der Waals surface area (Å²) in [4.78, 5) is 15.1. The van der Waals surface area contributed by atoms with Crippen LogP contribution in [0.4, 0.5) is 0 Å². The van der Waals surface area contributed by atoms with Crippen molar-refractivity contribution in [2.75, 3.05) is 13.2 Å². The number of fused-ring (bicyclic) bond motifs is 1. The first kappa shape index (κ1) is 15.5. The van der Waals surface area contributed by atoms with Crippen LogP contribution in [-0.2, 0) is 4.74 Å². The van der Waals surface area contributed by atoms with E-state index in [2.05, 4.69) is 10.2 Å². The number of benzene rings is 1. The van der Waals surface area contributed by atoms with Gasteiger partial charge in [-0.3, -0.25) is 4.79 Å². The second kappa shape index (κ2) is 6.49. The molecule has 0 unspecified atom stereocenters. The fourth-order valence-corrected chi connectivity index (χ4v) is 3.75. The number of aromatic nitrogens is 2. The average Bonchev–Trinajstić information content (AvgIpc) is 3.07. The molecule has 1 aromatic heterocycles. The number of aromatic amines is 1. The Morgan fingerprint density at radius 3 is 2.79 bits per heavy atom.